The molecule has 5 aromatic heterocycles. The van der Waals surface area contributed by atoms with Crippen LogP contribution in [0.5, 0.6) is 0 Å². The molecular weight excluding hydrogens is 480 g/mol. The fraction of sp³-hybridized carbons (Fsp3) is 0. The summed E-state index contributed by atoms with van der Waals surface area (Å²) >= 11 is 0. The normalized spacial score (nSPS) is 11.6. The highest BCUT2D eigenvalue weighted by molar-refractivity contribution is 6.23. The zero-order chi connectivity index (χ0) is 25.8. The van der Waals surface area contributed by atoms with E-state index >= 15 is 0 Å². The van der Waals surface area contributed by atoms with Gasteiger partial charge in [-0.05, 0) is 47.5 Å². The molecule has 0 N–H and O–H groups in total. The van der Waals surface area contributed by atoms with E-state index in [4.69, 9.17) is 14.4 Å². The molecule has 8 rings (SSSR count). The molecule has 0 saturated carbocycles. The van der Waals surface area contributed by atoms with Crippen molar-refractivity contribution in [3.8, 4) is 33.5 Å². The monoisotopic (exact) mass is 500 g/mol. The fourth-order valence-corrected chi connectivity index (χ4v) is 5.41. The number of nitrogens with zero attached hydrogens (tertiary/aromatic N) is 4. The zero-order valence-corrected chi connectivity index (χ0v) is 20.7. The molecule has 8 aromatic rings. The van der Waals surface area contributed by atoms with E-state index in [9.17, 15) is 0 Å². The van der Waals surface area contributed by atoms with Crippen molar-refractivity contribution in [1.82, 2.24) is 19.9 Å². The number of hydrogen-bond acceptors (Lipinski definition) is 5. The number of benzene rings is 3. The summed E-state index contributed by atoms with van der Waals surface area (Å²) in [6.45, 7) is 0. The molecule has 5 heteroatoms. The highest BCUT2D eigenvalue weighted by Gasteiger charge is 2.18. The molecule has 0 saturated heterocycles. The van der Waals surface area contributed by atoms with Gasteiger partial charge in [0.25, 0.3) is 0 Å². The van der Waals surface area contributed by atoms with E-state index in [1.807, 2.05) is 67.3 Å². The molecule has 5 nitrogen and oxygen atoms in total. The van der Waals surface area contributed by atoms with Crippen LogP contribution in [0.4, 0.5) is 0 Å². The summed E-state index contributed by atoms with van der Waals surface area (Å²) in [6.07, 6.45) is 9.14. The Hall–Kier alpha value is -5.42. The Kier molecular flexibility index (Phi) is 4.76. The molecule has 0 bridgehead atoms. The Morgan fingerprint density at radius 1 is 0.538 bits per heavy atom. The van der Waals surface area contributed by atoms with Gasteiger partial charge in [0, 0.05) is 63.8 Å². The first-order chi connectivity index (χ1) is 19.3. The Labute approximate surface area is 223 Å². The van der Waals surface area contributed by atoms with Crippen molar-refractivity contribution in [2.24, 2.45) is 0 Å². The molecule has 182 valence electrons. The number of hydrogen-bond donors (Lipinski definition) is 0. The lowest BCUT2D eigenvalue weighted by atomic mass is 9.97. The van der Waals surface area contributed by atoms with Crippen molar-refractivity contribution in [2.45, 2.75) is 0 Å². The molecule has 0 atom stereocenters. The van der Waals surface area contributed by atoms with E-state index < -0.39 is 0 Å². The van der Waals surface area contributed by atoms with E-state index in [0.29, 0.717) is 0 Å². The van der Waals surface area contributed by atoms with Gasteiger partial charge in [0.15, 0.2) is 0 Å². The van der Waals surface area contributed by atoms with Gasteiger partial charge in [-0.25, -0.2) is 4.98 Å². The summed E-state index contributed by atoms with van der Waals surface area (Å²) in [6, 6.07) is 31.1. The van der Waals surface area contributed by atoms with Crippen LogP contribution in [-0.2, 0) is 0 Å². The molecule has 0 amide bonds. The second-order valence-electron chi connectivity index (χ2n) is 9.57. The van der Waals surface area contributed by atoms with Crippen LogP contribution in [0, 0.1) is 0 Å². The van der Waals surface area contributed by atoms with Crippen molar-refractivity contribution < 1.29 is 4.42 Å². The molecule has 0 spiro atoms. The minimum absolute atomic E-state index is 0.810. The quantitative estimate of drug-likeness (QED) is 0.228. The highest BCUT2D eigenvalue weighted by Crippen LogP contribution is 2.40. The average Bonchev–Trinajstić information content (AvgIpc) is 3.40. The Bertz CT molecular complexity index is 2150. The second-order valence-corrected chi connectivity index (χ2v) is 9.57. The first-order valence-electron chi connectivity index (χ1n) is 12.8. The molecule has 39 heavy (non-hydrogen) atoms. The van der Waals surface area contributed by atoms with Gasteiger partial charge in [0.2, 0.25) is 0 Å². The molecule has 3 aromatic carbocycles. The number of pyridine rings is 4. The van der Waals surface area contributed by atoms with Crippen molar-refractivity contribution in [3.05, 3.63) is 122 Å². The van der Waals surface area contributed by atoms with E-state index in [1.165, 1.54) is 0 Å². The molecule has 0 fully saturated rings. The van der Waals surface area contributed by atoms with Crippen LogP contribution in [0.25, 0.3) is 77.3 Å². The van der Waals surface area contributed by atoms with Crippen molar-refractivity contribution in [3.63, 3.8) is 0 Å². The third-order valence-electron chi connectivity index (χ3n) is 7.31. The smallest absolute Gasteiger partial charge is 0.145 e. The Morgan fingerprint density at radius 3 is 2.18 bits per heavy atom. The van der Waals surface area contributed by atoms with E-state index in [2.05, 4.69) is 58.5 Å². The van der Waals surface area contributed by atoms with Gasteiger partial charge in [-0.3, -0.25) is 15.0 Å². The van der Waals surface area contributed by atoms with Crippen LogP contribution in [0.3, 0.4) is 0 Å². The highest BCUT2D eigenvalue weighted by atomic mass is 16.3. The predicted octanol–water partition coefficient (Wildman–Crippen LogP) is 8.47. The number of furan rings is 1. The number of para-hydroxylation sites is 1. The Morgan fingerprint density at radius 2 is 1.33 bits per heavy atom. The lowest BCUT2D eigenvalue weighted by Crippen LogP contribution is -1.93. The third kappa shape index (κ3) is 3.48. The maximum atomic E-state index is 6.47. The van der Waals surface area contributed by atoms with Crippen LogP contribution in [-0.4, -0.2) is 19.9 Å². The summed E-state index contributed by atoms with van der Waals surface area (Å²) in [7, 11) is 0. The zero-order valence-electron chi connectivity index (χ0n) is 20.7. The van der Waals surface area contributed by atoms with Gasteiger partial charge in [-0.15, -0.1) is 0 Å². The summed E-state index contributed by atoms with van der Waals surface area (Å²) in [5.74, 6) is 0. The molecule has 0 unspecified atom stereocenters. The van der Waals surface area contributed by atoms with Crippen LogP contribution in [0.1, 0.15) is 0 Å². The van der Waals surface area contributed by atoms with Crippen LogP contribution < -0.4 is 0 Å². The SMILES string of the molecule is c1cncc(-c2cnc3c(c2)nc(-c2ccc(-c4ccncc4)cc2)c2ccc4c5ccccc5oc4c23)c1. The summed E-state index contributed by atoms with van der Waals surface area (Å²) < 4.78 is 6.47. The number of fused-ring (bicyclic) bond motifs is 7. The Balaban J connectivity index is 1.43. The van der Waals surface area contributed by atoms with Crippen molar-refractivity contribution in [2.75, 3.05) is 0 Å². The molecule has 0 aliphatic carbocycles. The molecular formula is C34H20N4O. The average molecular weight is 501 g/mol. The van der Waals surface area contributed by atoms with Crippen LogP contribution >= 0.6 is 0 Å². The predicted molar refractivity (Wildman–Crippen MR) is 156 cm³/mol. The lowest BCUT2D eigenvalue weighted by molar-refractivity contribution is 0.673. The number of aromatic nitrogens is 4. The van der Waals surface area contributed by atoms with E-state index in [1.54, 1.807) is 6.20 Å². The van der Waals surface area contributed by atoms with Crippen LogP contribution in [0.15, 0.2) is 126 Å². The van der Waals surface area contributed by atoms with Gasteiger partial charge in [0.1, 0.15) is 16.7 Å². The van der Waals surface area contributed by atoms with E-state index in [-0.39, 0.29) is 0 Å². The molecule has 5 heterocycles. The maximum absolute atomic E-state index is 6.47. The van der Waals surface area contributed by atoms with Crippen molar-refractivity contribution >= 4 is 43.7 Å². The summed E-state index contributed by atoms with van der Waals surface area (Å²) in [5.41, 5.74) is 9.47. The summed E-state index contributed by atoms with van der Waals surface area (Å²) in [4.78, 5) is 18.6. The third-order valence-corrected chi connectivity index (χ3v) is 7.31. The van der Waals surface area contributed by atoms with Crippen molar-refractivity contribution in [1.29, 1.82) is 0 Å². The van der Waals surface area contributed by atoms with Gasteiger partial charge < -0.3 is 4.42 Å². The van der Waals surface area contributed by atoms with E-state index in [0.717, 1.165) is 77.3 Å². The summed E-state index contributed by atoms with van der Waals surface area (Å²) in [5, 5.41) is 4.14. The van der Waals surface area contributed by atoms with Crippen LogP contribution in [0.2, 0.25) is 0 Å². The number of rotatable bonds is 3. The standard InChI is InChI=1S/C34H20N4O/c1-2-6-30-26(5-1)27-11-12-28-31(34(27)39-30)33-29(18-25(20-37-33)24-4-3-15-36-19-24)38-32(28)23-9-7-21(8-10-23)22-13-16-35-17-14-22/h1-20H. The fourth-order valence-electron chi connectivity index (χ4n) is 5.41. The molecule has 0 aliphatic heterocycles. The van der Waals surface area contributed by atoms with Gasteiger partial charge in [-0.2, -0.15) is 0 Å². The first-order valence-corrected chi connectivity index (χ1v) is 12.8. The van der Waals surface area contributed by atoms with Gasteiger partial charge >= 0.3 is 0 Å². The second kappa shape index (κ2) is 8.57. The minimum Gasteiger partial charge on any atom is -0.455 e. The molecule has 0 aliphatic rings. The van der Waals surface area contributed by atoms with Gasteiger partial charge in [0.05, 0.1) is 16.6 Å². The lowest BCUT2D eigenvalue weighted by Gasteiger charge is -2.12. The first kappa shape index (κ1) is 21.6. The maximum Gasteiger partial charge on any atom is 0.145 e. The van der Waals surface area contributed by atoms with Gasteiger partial charge in [-0.1, -0.05) is 54.6 Å². The minimum atomic E-state index is 0.810. The molecule has 0 radical (unpaired) electrons. The topological polar surface area (TPSA) is 64.7 Å². The largest absolute Gasteiger partial charge is 0.455 e.